The lowest BCUT2D eigenvalue weighted by Gasteiger charge is -2.64. The van der Waals surface area contributed by atoms with Gasteiger partial charge < -0.3 is 0 Å². The predicted molar refractivity (Wildman–Crippen MR) is 175 cm³/mol. The molecular formula is C40H54. The fourth-order valence-electron chi connectivity index (χ4n) is 8.34. The summed E-state index contributed by atoms with van der Waals surface area (Å²) in [5, 5.41) is 0. The minimum absolute atomic E-state index is 0.00646. The Morgan fingerprint density at radius 3 is 1.27 bits per heavy atom. The van der Waals surface area contributed by atoms with Gasteiger partial charge in [-0.2, -0.15) is 0 Å². The first-order valence-corrected chi connectivity index (χ1v) is 15.2. The molecule has 0 saturated carbocycles. The van der Waals surface area contributed by atoms with Gasteiger partial charge in [0.1, 0.15) is 0 Å². The number of benzene rings is 2. The second kappa shape index (κ2) is 9.47. The Morgan fingerprint density at radius 2 is 0.950 bits per heavy atom. The molecule has 0 saturated heterocycles. The monoisotopic (exact) mass is 534 g/mol. The van der Waals surface area contributed by atoms with E-state index < -0.39 is 5.41 Å². The van der Waals surface area contributed by atoms with Crippen molar-refractivity contribution in [3.8, 4) is 0 Å². The number of hydrogen-bond donors (Lipinski definition) is 0. The first-order valence-electron chi connectivity index (χ1n) is 15.2. The Balaban J connectivity index is 2.45. The van der Waals surface area contributed by atoms with E-state index in [4.69, 9.17) is 0 Å². The number of hydrogen-bond acceptors (Lipinski definition) is 0. The van der Waals surface area contributed by atoms with Crippen molar-refractivity contribution in [3.05, 3.63) is 119 Å². The first kappa shape index (κ1) is 30.4. The fourth-order valence-corrected chi connectivity index (χ4v) is 8.34. The van der Waals surface area contributed by atoms with Crippen molar-refractivity contribution in [2.75, 3.05) is 0 Å². The molecule has 0 amide bonds. The molecule has 2 aromatic carbocycles. The van der Waals surface area contributed by atoms with E-state index in [2.05, 4.69) is 181 Å². The molecule has 0 aliphatic heterocycles. The van der Waals surface area contributed by atoms with Crippen molar-refractivity contribution < 1.29 is 0 Å². The lowest BCUT2D eigenvalue weighted by atomic mass is 9.37. The van der Waals surface area contributed by atoms with Gasteiger partial charge in [-0.3, -0.25) is 0 Å². The van der Waals surface area contributed by atoms with Gasteiger partial charge in [0.05, 0.1) is 0 Å². The van der Waals surface area contributed by atoms with Crippen molar-refractivity contribution in [1.29, 1.82) is 0 Å². The quantitative estimate of drug-likeness (QED) is 0.366. The molecule has 0 heterocycles. The molecule has 0 aromatic heterocycles. The van der Waals surface area contributed by atoms with E-state index in [-0.39, 0.29) is 32.5 Å². The molecule has 0 N–H and O–H groups in total. The summed E-state index contributed by atoms with van der Waals surface area (Å²) in [5.74, 6) is 0. The zero-order chi connectivity index (χ0) is 30.0. The average Bonchev–Trinajstić information content (AvgIpc) is 3.44. The average molecular weight is 535 g/mol. The van der Waals surface area contributed by atoms with Crippen LogP contribution in [0.15, 0.2) is 108 Å². The van der Waals surface area contributed by atoms with Crippen molar-refractivity contribution in [2.24, 2.45) is 32.5 Å². The van der Waals surface area contributed by atoms with E-state index in [1.54, 1.807) is 11.1 Å². The van der Waals surface area contributed by atoms with Gasteiger partial charge in [-0.05, 0) is 49.5 Å². The third-order valence-electron chi connectivity index (χ3n) is 9.57. The molecule has 40 heavy (non-hydrogen) atoms. The maximum atomic E-state index is 2.78. The smallest absolute Gasteiger partial charge is 0.0459 e. The molecular weight excluding hydrogens is 480 g/mol. The molecule has 0 nitrogen and oxygen atoms in total. The van der Waals surface area contributed by atoms with Crippen molar-refractivity contribution in [2.45, 2.75) is 95.4 Å². The van der Waals surface area contributed by atoms with Crippen LogP contribution >= 0.6 is 0 Å². The van der Waals surface area contributed by atoms with Crippen molar-refractivity contribution in [3.63, 3.8) is 0 Å². The van der Waals surface area contributed by atoms with E-state index in [1.165, 1.54) is 16.7 Å². The van der Waals surface area contributed by atoms with E-state index in [9.17, 15) is 0 Å². The number of rotatable bonds is 4. The standard InChI is InChI=1S/C40H54/c1-34(2,3)31-28-39(37(10,11)12,33(36(7,8)9)32(31)35(4,5)6)40(29-22-16-14-17-23-29,30-24-18-15-19-25-30)38(13)26-20-21-27-38/h14-28H,1-13H3. The molecule has 214 valence electrons. The summed E-state index contributed by atoms with van der Waals surface area (Å²) < 4.78 is 0. The van der Waals surface area contributed by atoms with Gasteiger partial charge in [-0.25, -0.2) is 0 Å². The van der Waals surface area contributed by atoms with Gasteiger partial charge in [0.2, 0.25) is 0 Å². The summed E-state index contributed by atoms with van der Waals surface area (Å²) in [4.78, 5) is 0. The Hall–Kier alpha value is -2.60. The normalized spacial score (nSPS) is 21.8. The lowest BCUT2D eigenvalue weighted by Crippen LogP contribution is -2.61. The zero-order valence-corrected chi connectivity index (χ0v) is 27.7. The minimum Gasteiger partial charge on any atom is -0.0736 e. The predicted octanol–water partition coefficient (Wildman–Crippen LogP) is 11.5. The topological polar surface area (TPSA) is 0 Å². The molecule has 2 aliphatic rings. The second-order valence-electron chi connectivity index (χ2n) is 16.6. The Labute approximate surface area is 246 Å². The maximum absolute atomic E-state index is 2.78. The van der Waals surface area contributed by atoms with Gasteiger partial charge >= 0.3 is 0 Å². The van der Waals surface area contributed by atoms with Crippen LogP contribution in [0.4, 0.5) is 0 Å². The van der Waals surface area contributed by atoms with Crippen LogP contribution in [0.3, 0.4) is 0 Å². The van der Waals surface area contributed by atoms with Crippen molar-refractivity contribution >= 4 is 0 Å². The van der Waals surface area contributed by atoms with Gasteiger partial charge in [0.25, 0.3) is 0 Å². The molecule has 0 radical (unpaired) electrons. The van der Waals surface area contributed by atoms with Crippen LogP contribution in [0, 0.1) is 32.5 Å². The summed E-state index contributed by atoms with van der Waals surface area (Å²) in [7, 11) is 0. The summed E-state index contributed by atoms with van der Waals surface area (Å²) in [6.07, 6.45) is 12.3. The Morgan fingerprint density at radius 1 is 0.525 bits per heavy atom. The van der Waals surface area contributed by atoms with Crippen LogP contribution in [0.5, 0.6) is 0 Å². The van der Waals surface area contributed by atoms with Crippen molar-refractivity contribution in [1.82, 2.24) is 0 Å². The highest BCUT2D eigenvalue weighted by atomic mass is 14.7. The molecule has 0 spiro atoms. The Kier molecular flexibility index (Phi) is 7.19. The highest BCUT2D eigenvalue weighted by molar-refractivity contribution is 5.65. The molecule has 0 fully saturated rings. The highest BCUT2D eigenvalue weighted by Gasteiger charge is 2.69. The van der Waals surface area contributed by atoms with Crippen LogP contribution in [0.2, 0.25) is 0 Å². The third kappa shape index (κ3) is 4.33. The highest BCUT2D eigenvalue weighted by Crippen LogP contribution is 2.75. The molecule has 1 atom stereocenters. The SMILES string of the molecule is CC(C)(C)C1=CC(C(C)(C)C)(C(c2ccccc2)(c2ccccc2)C2(C)C=CC=C2)C(C(C)(C)C)=C1C(C)(C)C. The van der Waals surface area contributed by atoms with Crippen LogP contribution in [0.1, 0.15) is 101 Å². The third-order valence-corrected chi connectivity index (χ3v) is 9.57. The fraction of sp³-hybridized carbons (Fsp3) is 0.500. The molecule has 2 aromatic rings. The van der Waals surface area contributed by atoms with E-state index in [1.807, 2.05) is 0 Å². The van der Waals surface area contributed by atoms with Gasteiger partial charge in [-0.15, -0.1) is 0 Å². The minimum atomic E-state index is -0.420. The first-order chi connectivity index (χ1) is 18.3. The summed E-state index contributed by atoms with van der Waals surface area (Å²) in [6, 6.07) is 22.9. The van der Waals surface area contributed by atoms with E-state index in [0.717, 1.165) is 0 Å². The lowest BCUT2D eigenvalue weighted by molar-refractivity contribution is 0.0354. The van der Waals surface area contributed by atoms with Crippen LogP contribution in [-0.2, 0) is 5.41 Å². The second-order valence-corrected chi connectivity index (χ2v) is 16.6. The van der Waals surface area contributed by atoms with Gasteiger partial charge in [-0.1, -0.05) is 181 Å². The summed E-state index contributed by atoms with van der Waals surface area (Å²) in [6.45, 7) is 31.8. The summed E-state index contributed by atoms with van der Waals surface area (Å²) >= 11 is 0. The van der Waals surface area contributed by atoms with Crippen LogP contribution in [-0.4, -0.2) is 0 Å². The van der Waals surface area contributed by atoms with Gasteiger partial charge in [0, 0.05) is 16.2 Å². The zero-order valence-electron chi connectivity index (χ0n) is 27.7. The molecule has 0 heteroatoms. The largest absolute Gasteiger partial charge is 0.0736 e. The molecule has 2 aliphatic carbocycles. The number of allylic oxidation sites excluding steroid dienone is 8. The van der Waals surface area contributed by atoms with Crippen LogP contribution in [0.25, 0.3) is 0 Å². The van der Waals surface area contributed by atoms with Crippen LogP contribution < -0.4 is 0 Å². The van der Waals surface area contributed by atoms with Gasteiger partial charge in [0.15, 0.2) is 0 Å². The Bertz CT molecular complexity index is 1290. The molecule has 0 bridgehead atoms. The summed E-state index contributed by atoms with van der Waals surface area (Å²) in [5.41, 5.74) is 6.12. The van der Waals surface area contributed by atoms with E-state index in [0.29, 0.717) is 0 Å². The molecule has 4 rings (SSSR count). The molecule has 1 unspecified atom stereocenters. The van der Waals surface area contributed by atoms with E-state index >= 15 is 0 Å². The maximum Gasteiger partial charge on any atom is 0.0459 e.